The van der Waals surface area contributed by atoms with Crippen LogP contribution in [0, 0.1) is 6.92 Å². The first-order chi connectivity index (χ1) is 10.1. The van der Waals surface area contributed by atoms with Gasteiger partial charge in [0, 0.05) is 17.5 Å². The molecule has 3 heterocycles. The highest BCUT2D eigenvalue weighted by molar-refractivity contribution is 7.18. The maximum Gasteiger partial charge on any atom is 0.223 e. The summed E-state index contributed by atoms with van der Waals surface area (Å²) in [6.07, 6.45) is 4.01. The van der Waals surface area contributed by atoms with Crippen LogP contribution < -0.4 is 11.1 Å². The van der Waals surface area contributed by atoms with Crippen LogP contribution in [0.15, 0.2) is 6.07 Å². The summed E-state index contributed by atoms with van der Waals surface area (Å²) in [6.45, 7) is 7.67. The molecule has 0 saturated carbocycles. The lowest BCUT2D eigenvalue weighted by Gasteiger charge is -2.32. The normalized spacial score (nSPS) is 18.0. The number of hydrogen-bond donors (Lipinski definition) is 2. The van der Waals surface area contributed by atoms with E-state index in [0.717, 1.165) is 22.6 Å². The molecule has 0 radical (unpaired) electrons. The number of piperidine rings is 1. The highest BCUT2D eigenvalue weighted by atomic mass is 32.1. The van der Waals surface area contributed by atoms with E-state index in [2.05, 4.69) is 40.1 Å². The Bertz CT molecular complexity index is 618. The molecule has 1 saturated heterocycles. The molecule has 3 rings (SSSR count). The van der Waals surface area contributed by atoms with Crippen LogP contribution >= 0.6 is 11.3 Å². The van der Waals surface area contributed by atoms with Crippen molar-refractivity contribution in [2.75, 3.05) is 30.7 Å². The second-order valence-corrected chi connectivity index (χ2v) is 7.07. The molecule has 21 heavy (non-hydrogen) atoms. The van der Waals surface area contributed by atoms with Crippen molar-refractivity contribution in [2.24, 2.45) is 0 Å². The standard InChI is InChI=1S/C15H23N5S/c1-10(20-6-4-3-5-7-20)9-17-13-12-8-11(2)21-14(12)19-15(16)18-13/h8,10H,3-7,9H2,1-2H3,(H3,16,17,18,19). The molecule has 0 bridgehead atoms. The van der Waals surface area contributed by atoms with Crippen LogP contribution in [0.2, 0.25) is 0 Å². The van der Waals surface area contributed by atoms with Crippen LogP contribution in [-0.4, -0.2) is 40.5 Å². The summed E-state index contributed by atoms with van der Waals surface area (Å²) in [5.41, 5.74) is 5.82. The largest absolute Gasteiger partial charge is 0.368 e. The second-order valence-electron chi connectivity index (χ2n) is 5.83. The van der Waals surface area contributed by atoms with Crippen LogP contribution in [0.25, 0.3) is 10.2 Å². The molecule has 6 heteroatoms. The van der Waals surface area contributed by atoms with Gasteiger partial charge >= 0.3 is 0 Å². The molecule has 1 fully saturated rings. The molecule has 1 aliphatic heterocycles. The molecule has 1 atom stereocenters. The number of rotatable bonds is 4. The maximum atomic E-state index is 5.82. The number of nitrogens with zero attached hydrogens (tertiary/aromatic N) is 3. The number of nitrogen functional groups attached to an aromatic ring is 1. The summed E-state index contributed by atoms with van der Waals surface area (Å²) in [7, 11) is 0. The van der Waals surface area contributed by atoms with Crippen molar-refractivity contribution < 1.29 is 0 Å². The van der Waals surface area contributed by atoms with Gasteiger partial charge in [0.05, 0.1) is 5.39 Å². The van der Waals surface area contributed by atoms with Crippen molar-refractivity contribution in [3.8, 4) is 0 Å². The summed E-state index contributed by atoms with van der Waals surface area (Å²) < 4.78 is 0. The monoisotopic (exact) mass is 305 g/mol. The van der Waals surface area contributed by atoms with Crippen LogP contribution in [0.5, 0.6) is 0 Å². The lowest BCUT2D eigenvalue weighted by Crippen LogP contribution is -2.41. The number of aryl methyl sites for hydroxylation is 1. The molecular formula is C15H23N5S. The predicted molar refractivity (Wildman–Crippen MR) is 89.9 cm³/mol. The second kappa shape index (κ2) is 6.15. The van der Waals surface area contributed by atoms with E-state index in [1.165, 1.54) is 37.2 Å². The van der Waals surface area contributed by atoms with Gasteiger partial charge in [-0.1, -0.05) is 6.42 Å². The van der Waals surface area contributed by atoms with Gasteiger partial charge in [0.2, 0.25) is 5.95 Å². The predicted octanol–water partition coefficient (Wildman–Crippen LogP) is 2.87. The fraction of sp³-hybridized carbons (Fsp3) is 0.600. The Balaban J connectivity index is 1.72. The third-order valence-electron chi connectivity index (χ3n) is 4.11. The van der Waals surface area contributed by atoms with E-state index in [1.807, 2.05) is 0 Å². The Morgan fingerprint density at radius 2 is 2.10 bits per heavy atom. The number of hydrogen-bond acceptors (Lipinski definition) is 6. The van der Waals surface area contributed by atoms with E-state index in [9.17, 15) is 0 Å². The minimum absolute atomic E-state index is 0.345. The Hall–Kier alpha value is -1.40. The SMILES string of the molecule is Cc1cc2c(NCC(C)N3CCCCC3)nc(N)nc2s1. The van der Waals surface area contributed by atoms with Gasteiger partial charge in [0.15, 0.2) is 0 Å². The van der Waals surface area contributed by atoms with Crippen molar-refractivity contribution in [1.82, 2.24) is 14.9 Å². The van der Waals surface area contributed by atoms with E-state index in [4.69, 9.17) is 5.73 Å². The Morgan fingerprint density at radius 1 is 1.33 bits per heavy atom. The molecule has 0 spiro atoms. The van der Waals surface area contributed by atoms with Crippen molar-refractivity contribution >= 4 is 33.3 Å². The van der Waals surface area contributed by atoms with E-state index < -0.39 is 0 Å². The maximum absolute atomic E-state index is 5.82. The van der Waals surface area contributed by atoms with Crippen molar-refractivity contribution in [1.29, 1.82) is 0 Å². The van der Waals surface area contributed by atoms with Crippen molar-refractivity contribution in [3.63, 3.8) is 0 Å². The smallest absolute Gasteiger partial charge is 0.223 e. The number of fused-ring (bicyclic) bond motifs is 1. The summed E-state index contributed by atoms with van der Waals surface area (Å²) in [5.74, 6) is 1.21. The molecule has 1 unspecified atom stereocenters. The van der Waals surface area contributed by atoms with Gasteiger partial charge in [0.25, 0.3) is 0 Å². The van der Waals surface area contributed by atoms with E-state index in [1.54, 1.807) is 11.3 Å². The molecular weight excluding hydrogens is 282 g/mol. The van der Waals surface area contributed by atoms with Crippen molar-refractivity contribution in [2.45, 2.75) is 39.2 Å². The van der Waals surface area contributed by atoms with Gasteiger partial charge in [-0.15, -0.1) is 11.3 Å². The number of aromatic nitrogens is 2. The molecule has 3 N–H and O–H groups in total. The zero-order valence-electron chi connectivity index (χ0n) is 12.7. The number of likely N-dealkylation sites (tertiary alicyclic amines) is 1. The van der Waals surface area contributed by atoms with E-state index in [-0.39, 0.29) is 0 Å². The fourth-order valence-corrected chi connectivity index (χ4v) is 3.81. The number of nitrogens with one attached hydrogen (secondary N) is 1. The number of nitrogens with two attached hydrogens (primary N) is 1. The Kier molecular flexibility index (Phi) is 4.26. The minimum atomic E-state index is 0.345. The number of thiophene rings is 1. The number of anilines is 2. The quantitative estimate of drug-likeness (QED) is 0.909. The van der Waals surface area contributed by atoms with Crippen LogP contribution in [0.4, 0.5) is 11.8 Å². The van der Waals surface area contributed by atoms with Gasteiger partial charge in [-0.3, -0.25) is 4.90 Å². The van der Waals surface area contributed by atoms with Gasteiger partial charge < -0.3 is 11.1 Å². The first-order valence-corrected chi connectivity index (χ1v) is 8.47. The van der Waals surface area contributed by atoms with Crippen LogP contribution in [0.3, 0.4) is 0 Å². The van der Waals surface area contributed by atoms with Crippen LogP contribution in [-0.2, 0) is 0 Å². The average molecular weight is 305 g/mol. The zero-order chi connectivity index (χ0) is 14.8. The molecule has 0 amide bonds. The van der Waals surface area contributed by atoms with E-state index >= 15 is 0 Å². The lowest BCUT2D eigenvalue weighted by molar-refractivity contribution is 0.180. The first kappa shape index (κ1) is 14.5. The summed E-state index contributed by atoms with van der Waals surface area (Å²) in [4.78, 5) is 13.4. The summed E-state index contributed by atoms with van der Waals surface area (Å²) >= 11 is 1.66. The highest BCUT2D eigenvalue weighted by Gasteiger charge is 2.17. The third kappa shape index (κ3) is 3.27. The fourth-order valence-electron chi connectivity index (χ4n) is 2.93. The Morgan fingerprint density at radius 3 is 2.86 bits per heavy atom. The highest BCUT2D eigenvalue weighted by Crippen LogP contribution is 2.29. The first-order valence-electron chi connectivity index (χ1n) is 7.65. The summed E-state index contributed by atoms with van der Waals surface area (Å²) in [6, 6.07) is 2.64. The van der Waals surface area contributed by atoms with Crippen LogP contribution in [0.1, 0.15) is 31.1 Å². The Labute approximate surface area is 129 Å². The molecule has 2 aromatic heterocycles. The van der Waals surface area contributed by atoms with Gasteiger partial charge in [-0.25, -0.2) is 4.98 Å². The third-order valence-corrected chi connectivity index (χ3v) is 5.06. The molecule has 1 aliphatic rings. The van der Waals surface area contributed by atoms with E-state index in [0.29, 0.717) is 12.0 Å². The zero-order valence-corrected chi connectivity index (χ0v) is 13.5. The minimum Gasteiger partial charge on any atom is -0.368 e. The average Bonchev–Trinajstić information content (AvgIpc) is 2.85. The summed E-state index contributed by atoms with van der Waals surface area (Å²) in [5, 5.41) is 4.55. The lowest BCUT2D eigenvalue weighted by atomic mass is 10.1. The molecule has 2 aromatic rings. The van der Waals surface area contributed by atoms with Gasteiger partial charge in [0.1, 0.15) is 10.6 Å². The van der Waals surface area contributed by atoms with Gasteiger partial charge in [-0.2, -0.15) is 4.98 Å². The molecule has 0 aliphatic carbocycles. The van der Waals surface area contributed by atoms with Crippen molar-refractivity contribution in [3.05, 3.63) is 10.9 Å². The molecule has 5 nitrogen and oxygen atoms in total. The van der Waals surface area contributed by atoms with Gasteiger partial charge in [-0.05, 0) is 45.8 Å². The topological polar surface area (TPSA) is 67.1 Å². The molecule has 114 valence electrons. The molecule has 0 aromatic carbocycles.